The minimum absolute atomic E-state index is 0.0264. The van der Waals surface area contributed by atoms with Crippen LogP contribution < -0.4 is 10.6 Å². The van der Waals surface area contributed by atoms with Crippen LogP contribution in [0.15, 0.2) is 30.3 Å². The highest BCUT2D eigenvalue weighted by Gasteiger charge is 2.34. The first-order chi connectivity index (χ1) is 10.9. The van der Waals surface area contributed by atoms with Crippen molar-refractivity contribution in [1.82, 2.24) is 20.4 Å². The van der Waals surface area contributed by atoms with Crippen molar-refractivity contribution in [3.63, 3.8) is 0 Å². The molecule has 2 rings (SSSR count). The first-order valence-electron chi connectivity index (χ1n) is 7.93. The third-order valence-corrected chi connectivity index (χ3v) is 4.22. The van der Waals surface area contributed by atoms with E-state index in [9.17, 15) is 9.59 Å². The van der Waals surface area contributed by atoms with Crippen LogP contribution in [0.1, 0.15) is 19.4 Å². The van der Waals surface area contributed by atoms with Gasteiger partial charge >= 0.3 is 6.03 Å². The Bertz CT molecular complexity index is 545. The number of nitrogens with one attached hydrogen (secondary N) is 2. The molecule has 0 aliphatic carbocycles. The highest BCUT2D eigenvalue weighted by molar-refractivity contribution is 5.95. The predicted octanol–water partition coefficient (Wildman–Crippen LogP) is 1.04. The molecule has 0 radical (unpaired) electrons. The first-order valence-corrected chi connectivity index (χ1v) is 7.93. The predicted molar refractivity (Wildman–Crippen MR) is 90.0 cm³/mol. The van der Waals surface area contributed by atoms with Crippen LogP contribution in [0.3, 0.4) is 0 Å². The van der Waals surface area contributed by atoms with E-state index in [-0.39, 0.29) is 18.0 Å². The second-order valence-electron chi connectivity index (χ2n) is 6.56. The molecule has 0 spiro atoms. The molecule has 0 aromatic heterocycles. The smallest absolute Gasteiger partial charge is 0.321 e. The lowest BCUT2D eigenvalue weighted by atomic mass is 9.97. The average molecular weight is 318 g/mol. The molecule has 6 nitrogen and oxygen atoms in total. The number of nitrogens with zero attached hydrogens (tertiary/aromatic N) is 2. The van der Waals surface area contributed by atoms with Crippen LogP contribution in [0.4, 0.5) is 4.79 Å². The van der Waals surface area contributed by atoms with Crippen molar-refractivity contribution in [3.05, 3.63) is 35.9 Å². The van der Waals surface area contributed by atoms with E-state index in [1.165, 1.54) is 12.6 Å². The summed E-state index contributed by atoms with van der Waals surface area (Å²) in [5, 5.41) is 4.70. The van der Waals surface area contributed by atoms with Crippen molar-refractivity contribution in [2.45, 2.75) is 25.9 Å². The lowest BCUT2D eigenvalue weighted by molar-refractivity contribution is -0.122. The molecule has 0 unspecified atom stereocenters. The number of hydrogen-bond donors (Lipinski definition) is 2. The molecule has 3 amide bonds. The number of amides is 3. The largest absolute Gasteiger partial charge is 0.341 e. The minimum Gasteiger partial charge on any atom is -0.341 e. The molecule has 1 fully saturated rings. The molecular weight excluding hydrogens is 292 g/mol. The Kier molecular flexibility index (Phi) is 5.74. The van der Waals surface area contributed by atoms with Gasteiger partial charge in [-0.15, -0.1) is 0 Å². The molecule has 1 aliphatic rings. The van der Waals surface area contributed by atoms with Gasteiger partial charge in [0.1, 0.15) is 0 Å². The molecule has 1 saturated heterocycles. The zero-order chi connectivity index (χ0) is 16.9. The molecule has 1 aromatic rings. The summed E-state index contributed by atoms with van der Waals surface area (Å²) in [5.74, 6) is -0.267. The second-order valence-corrected chi connectivity index (χ2v) is 6.56. The van der Waals surface area contributed by atoms with Crippen molar-refractivity contribution in [2.75, 3.05) is 33.2 Å². The van der Waals surface area contributed by atoms with E-state index >= 15 is 0 Å². The maximum Gasteiger partial charge on any atom is 0.321 e. The summed E-state index contributed by atoms with van der Waals surface area (Å²) < 4.78 is 0. The number of piperazine rings is 1. The van der Waals surface area contributed by atoms with Gasteiger partial charge in [-0.3, -0.25) is 19.9 Å². The molecule has 0 bridgehead atoms. The minimum atomic E-state index is -0.461. The highest BCUT2D eigenvalue weighted by Crippen LogP contribution is 2.23. The van der Waals surface area contributed by atoms with E-state index in [2.05, 4.69) is 58.5 Å². The van der Waals surface area contributed by atoms with Crippen molar-refractivity contribution < 1.29 is 9.59 Å². The molecular formula is C17H26N4O2. The van der Waals surface area contributed by atoms with Crippen LogP contribution in [0, 0.1) is 0 Å². The number of carbonyl (C=O) groups is 2. The van der Waals surface area contributed by atoms with Gasteiger partial charge < -0.3 is 5.32 Å². The standard InChI is InChI=1S/C17H26N4O2/c1-17(2)13-20(12-15(22)19-16(23)18-3)9-10-21(17)11-14-7-5-4-6-8-14/h4-8H,9-13H2,1-3H3,(H2,18,19,22,23). The van der Waals surface area contributed by atoms with Gasteiger partial charge in [0.2, 0.25) is 5.91 Å². The Balaban J connectivity index is 1.89. The van der Waals surface area contributed by atoms with Gasteiger partial charge in [-0.25, -0.2) is 4.79 Å². The molecule has 0 saturated carbocycles. The molecule has 2 N–H and O–H groups in total. The molecule has 1 heterocycles. The average Bonchev–Trinajstić information content (AvgIpc) is 2.50. The van der Waals surface area contributed by atoms with Crippen molar-refractivity contribution in [3.8, 4) is 0 Å². The summed E-state index contributed by atoms with van der Waals surface area (Å²) in [5.41, 5.74) is 1.27. The molecule has 1 aromatic carbocycles. The molecule has 6 heteroatoms. The normalized spacial score (nSPS) is 18.4. The van der Waals surface area contributed by atoms with Gasteiger partial charge in [0, 0.05) is 38.8 Å². The first kappa shape index (κ1) is 17.4. The van der Waals surface area contributed by atoms with Crippen molar-refractivity contribution >= 4 is 11.9 Å². The van der Waals surface area contributed by atoms with Crippen molar-refractivity contribution in [2.24, 2.45) is 0 Å². The third kappa shape index (κ3) is 5.04. The summed E-state index contributed by atoms with van der Waals surface area (Å²) in [6, 6.07) is 9.96. The summed E-state index contributed by atoms with van der Waals surface area (Å²) in [6.45, 7) is 8.05. The second kappa shape index (κ2) is 7.57. The number of urea groups is 1. The molecule has 1 aliphatic heterocycles. The Hall–Kier alpha value is -1.92. The van der Waals surface area contributed by atoms with E-state index in [0.29, 0.717) is 0 Å². The van der Waals surface area contributed by atoms with Gasteiger partial charge in [-0.1, -0.05) is 30.3 Å². The zero-order valence-corrected chi connectivity index (χ0v) is 14.1. The van der Waals surface area contributed by atoms with Gasteiger partial charge in [0.05, 0.1) is 6.54 Å². The maximum absolute atomic E-state index is 11.8. The fourth-order valence-electron chi connectivity index (χ4n) is 2.95. The fourth-order valence-corrected chi connectivity index (χ4v) is 2.95. The van der Waals surface area contributed by atoms with Crippen LogP contribution in [0.25, 0.3) is 0 Å². The van der Waals surface area contributed by atoms with Gasteiger partial charge in [0.25, 0.3) is 0 Å². The van der Waals surface area contributed by atoms with Crippen LogP contribution in [0.2, 0.25) is 0 Å². The SMILES string of the molecule is CNC(=O)NC(=O)CN1CCN(Cc2ccccc2)C(C)(C)C1. The van der Waals surface area contributed by atoms with Crippen molar-refractivity contribution in [1.29, 1.82) is 0 Å². The third-order valence-electron chi connectivity index (χ3n) is 4.22. The van der Waals surface area contributed by atoms with Gasteiger partial charge in [-0.05, 0) is 19.4 Å². The van der Waals surface area contributed by atoms with E-state index in [4.69, 9.17) is 0 Å². The van der Waals surface area contributed by atoms with Crippen LogP contribution in [-0.2, 0) is 11.3 Å². The number of imide groups is 1. The Morgan fingerprint density at radius 2 is 1.87 bits per heavy atom. The quantitative estimate of drug-likeness (QED) is 0.871. The van der Waals surface area contributed by atoms with E-state index < -0.39 is 6.03 Å². The lowest BCUT2D eigenvalue weighted by Crippen LogP contribution is -2.60. The monoisotopic (exact) mass is 318 g/mol. The number of benzene rings is 1. The maximum atomic E-state index is 11.8. The number of carbonyl (C=O) groups excluding carboxylic acids is 2. The van der Waals surface area contributed by atoms with Crippen LogP contribution in [0.5, 0.6) is 0 Å². The summed E-state index contributed by atoms with van der Waals surface area (Å²) in [6.07, 6.45) is 0. The van der Waals surface area contributed by atoms with Gasteiger partial charge in [-0.2, -0.15) is 0 Å². The van der Waals surface area contributed by atoms with Crippen LogP contribution >= 0.6 is 0 Å². The van der Waals surface area contributed by atoms with E-state index in [0.717, 1.165) is 26.2 Å². The highest BCUT2D eigenvalue weighted by atomic mass is 16.2. The topological polar surface area (TPSA) is 64.7 Å². The summed E-state index contributed by atoms with van der Waals surface area (Å²) >= 11 is 0. The summed E-state index contributed by atoms with van der Waals surface area (Å²) in [7, 11) is 1.49. The Morgan fingerprint density at radius 1 is 1.17 bits per heavy atom. The Morgan fingerprint density at radius 3 is 2.48 bits per heavy atom. The zero-order valence-electron chi connectivity index (χ0n) is 14.1. The van der Waals surface area contributed by atoms with Crippen LogP contribution in [-0.4, -0.2) is 60.5 Å². The molecule has 126 valence electrons. The lowest BCUT2D eigenvalue weighted by Gasteiger charge is -2.47. The summed E-state index contributed by atoms with van der Waals surface area (Å²) in [4.78, 5) is 27.6. The Labute approximate surface area is 137 Å². The number of hydrogen-bond acceptors (Lipinski definition) is 4. The molecule has 23 heavy (non-hydrogen) atoms. The molecule has 0 atom stereocenters. The fraction of sp³-hybridized carbons (Fsp3) is 0.529. The van der Waals surface area contributed by atoms with E-state index in [1.807, 2.05) is 6.07 Å². The van der Waals surface area contributed by atoms with Gasteiger partial charge in [0.15, 0.2) is 0 Å². The van der Waals surface area contributed by atoms with E-state index in [1.54, 1.807) is 0 Å². The number of rotatable bonds is 4.